The average Bonchev–Trinajstić information content (AvgIpc) is 4.13. The summed E-state index contributed by atoms with van der Waals surface area (Å²) >= 11 is 0. The maximum atomic E-state index is 4.52. The van der Waals surface area contributed by atoms with Crippen molar-refractivity contribution >= 4 is 17.3 Å². The number of nitrogens with one attached hydrogen (secondary N) is 2. The summed E-state index contributed by atoms with van der Waals surface area (Å²) in [5.74, 6) is 2.35. The molecule has 6 rings (SSSR count). The monoisotopic (exact) mass is 836 g/mol. The van der Waals surface area contributed by atoms with E-state index in [4.69, 9.17) is 0 Å². The summed E-state index contributed by atoms with van der Waals surface area (Å²) in [6.07, 6.45) is 25.4. The van der Waals surface area contributed by atoms with E-state index in [2.05, 4.69) is 141 Å². The zero-order chi connectivity index (χ0) is 44.4. The van der Waals surface area contributed by atoms with Gasteiger partial charge in [-0.3, -0.25) is 4.90 Å². The smallest absolute Gasteiger partial charge is 0.0681 e. The highest BCUT2D eigenvalue weighted by atomic mass is 15.2. The maximum Gasteiger partial charge on any atom is 0.0681 e. The number of likely N-dealkylation sites (tertiary alicyclic amines) is 2. The minimum absolute atomic E-state index is 0.149. The van der Waals surface area contributed by atoms with Crippen LogP contribution in [-0.4, -0.2) is 74.6 Å². The number of benzene rings is 2. The van der Waals surface area contributed by atoms with Crippen LogP contribution >= 0.6 is 0 Å². The van der Waals surface area contributed by atoms with E-state index < -0.39 is 0 Å². The molecule has 1 spiro atoms. The Morgan fingerprint density at radius 1 is 0.935 bits per heavy atom. The van der Waals surface area contributed by atoms with Gasteiger partial charge >= 0.3 is 0 Å². The second kappa shape index (κ2) is 21.8. The molecule has 4 aliphatic rings. The topological polar surface area (TPSA) is 33.8 Å². The van der Waals surface area contributed by atoms with Crippen molar-refractivity contribution in [1.29, 1.82) is 0 Å². The van der Waals surface area contributed by atoms with E-state index in [1.807, 2.05) is 26.2 Å². The van der Waals surface area contributed by atoms with E-state index in [1.165, 1.54) is 134 Å². The van der Waals surface area contributed by atoms with Gasteiger partial charge in [-0.25, -0.2) is 0 Å². The number of hydrogen-bond acceptors (Lipinski definition) is 5. The van der Waals surface area contributed by atoms with Gasteiger partial charge < -0.3 is 20.4 Å². The second-order valence-corrected chi connectivity index (χ2v) is 19.5. The second-order valence-electron chi connectivity index (χ2n) is 19.5. The van der Waals surface area contributed by atoms with Crippen LogP contribution in [0, 0.1) is 30.1 Å². The first-order chi connectivity index (χ1) is 29.9. The molecule has 2 saturated carbocycles. The molecule has 4 fully saturated rings. The van der Waals surface area contributed by atoms with Gasteiger partial charge in [0.2, 0.25) is 0 Å². The van der Waals surface area contributed by atoms with E-state index >= 15 is 0 Å². The summed E-state index contributed by atoms with van der Waals surface area (Å²) in [7, 11) is 6.08. The highest BCUT2D eigenvalue weighted by Gasteiger charge is 2.45. The number of likely N-dealkylation sites (N-methyl/N-ethyl adjacent to an activating group) is 2. The van der Waals surface area contributed by atoms with Crippen LogP contribution in [0.2, 0.25) is 0 Å². The van der Waals surface area contributed by atoms with Crippen molar-refractivity contribution in [2.45, 2.75) is 110 Å². The minimum Gasteiger partial charge on any atom is -0.393 e. The van der Waals surface area contributed by atoms with E-state index in [1.54, 1.807) is 0 Å². The van der Waals surface area contributed by atoms with Crippen molar-refractivity contribution < 1.29 is 0 Å². The minimum atomic E-state index is 0.149. The average molecular weight is 836 g/mol. The van der Waals surface area contributed by atoms with Crippen LogP contribution < -0.4 is 10.6 Å². The summed E-state index contributed by atoms with van der Waals surface area (Å²) in [5.41, 5.74) is 15.8. The van der Waals surface area contributed by atoms with Crippen LogP contribution in [0.3, 0.4) is 0 Å². The van der Waals surface area contributed by atoms with Crippen LogP contribution in [0.25, 0.3) is 17.3 Å². The number of aryl methyl sites for hydroxylation is 1. The lowest BCUT2D eigenvalue weighted by Crippen LogP contribution is -2.49. The number of hydrogen-bond donors (Lipinski definition) is 2. The van der Waals surface area contributed by atoms with Gasteiger partial charge in [-0.05, 0) is 179 Å². The van der Waals surface area contributed by atoms with Crippen molar-refractivity contribution in [2.24, 2.45) is 23.2 Å². The fraction of sp³-hybridized carbons (Fsp3) is 0.509. The molecular weight excluding hydrogens is 755 g/mol. The van der Waals surface area contributed by atoms with Gasteiger partial charge in [0.25, 0.3) is 0 Å². The Bertz CT molecular complexity index is 2000. The highest BCUT2D eigenvalue weighted by Crippen LogP contribution is 2.53. The Labute approximate surface area is 378 Å². The molecule has 1 atom stereocenters. The molecule has 2 aromatic carbocycles. The Kier molecular flexibility index (Phi) is 16.6. The third-order valence-corrected chi connectivity index (χ3v) is 15.2. The van der Waals surface area contributed by atoms with Gasteiger partial charge in [0.15, 0.2) is 0 Å². The van der Waals surface area contributed by atoms with Crippen LogP contribution in [0.1, 0.15) is 118 Å². The molecule has 1 unspecified atom stereocenters. The molecule has 5 nitrogen and oxygen atoms in total. The molecule has 0 radical (unpaired) electrons. The molecule has 2 saturated heterocycles. The molecule has 2 aromatic rings. The largest absolute Gasteiger partial charge is 0.393 e. The fourth-order valence-electron chi connectivity index (χ4n) is 11.0. The Hall–Kier alpha value is -4.32. The van der Waals surface area contributed by atoms with Crippen molar-refractivity contribution in [3.8, 4) is 0 Å². The quantitative estimate of drug-likeness (QED) is 0.0912. The fourth-order valence-corrected chi connectivity index (χ4v) is 11.0. The zero-order valence-corrected chi connectivity index (χ0v) is 39.8. The summed E-state index contributed by atoms with van der Waals surface area (Å²) in [6, 6.07) is 14.3. The van der Waals surface area contributed by atoms with Crippen molar-refractivity contribution in [2.75, 3.05) is 53.9 Å². The molecule has 2 aliphatic heterocycles. The van der Waals surface area contributed by atoms with E-state index in [0.717, 1.165) is 66.9 Å². The standard InChI is InChI=1S/C57H81N5/c1-12-16-17-56(43(7)59-10)60(11)44(8)53-23-18-46(35-49(53)15-4)34-47-36-57(37-47)26-30-62(31-27-57)39-45-24-28-61(29-25-45)40-52-22-21-51(32-41(52)5)55(38-58-9)54(48(13-2)14-3)33-42(6)50-19-20-50/h12-13,15,18,21-23,32-33,35,38,45,47,50,56,58-59H,1-2,4,7-8,14,16-17,19-20,24-31,34,36-37,39-40H2,3,5-6,9-11H3/b42-33+,54-48+,55-38-. The third-order valence-electron chi connectivity index (χ3n) is 15.2. The van der Waals surface area contributed by atoms with Crippen LogP contribution in [0.15, 0.2) is 116 Å². The predicted molar refractivity (Wildman–Crippen MR) is 269 cm³/mol. The molecular formula is C57H81N5. The molecule has 2 N–H and O–H groups in total. The summed E-state index contributed by atoms with van der Waals surface area (Å²) < 4.78 is 0. The van der Waals surface area contributed by atoms with Gasteiger partial charge in [0.1, 0.15) is 0 Å². The number of allylic oxidation sites excluding steroid dienone is 7. The van der Waals surface area contributed by atoms with Gasteiger partial charge in [-0.15, -0.1) is 6.58 Å². The van der Waals surface area contributed by atoms with Crippen LogP contribution in [-0.2, 0) is 13.0 Å². The summed E-state index contributed by atoms with van der Waals surface area (Å²) in [5, 5.41) is 6.62. The first-order valence-electron chi connectivity index (χ1n) is 24.1. The molecule has 62 heavy (non-hydrogen) atoms. The Morgan fingerprint density at radius 2 is 1.66 bits per heavy atom. The maximum absolute atomic E-state index is 4.52. The molecule has 0 bridgehead atoms. The first-order valence-corrected chi connectivity index (χ1v) is 24.1. The Balaban J connectivity index is 0.949. The lowest BCUT2D eigenvalue weighted by molar-refractivity contribution is -0.0184. The van der Waals surface area contributed by atoms with Gasteiger partial charge in [-0.2, -0.15) is 0 Å². The van der Waals surface area contributed by atoms with Crippen LogP contribution in [0.4, 0.5) is 0 Å². The van der Waals surface area contributed by atoms with Gasteiger partial charge in [0, 0.05) is 63.0 Å². The third kappa shape index (κ3) is 11.6. The lowest BCUT2D eigenvalue weighted by atomic mass is 9.56. The number of nitrogens with zero attached hydrogens (tertiary/aromatic N) is 3. The summed E-state index contributed by atoms with van der Waals surface area (Å²) in [6.45, 7) is 35.3. The van der Waals surface area contributed by atoms with Crippen molar-refractivity contribution in [3.05, 3.63) is 150 Å². The SMILES string of the molecule is C=CCCC(C(=C)NC)N(C)C(=C)c1ccc(CC2CC3(CCN(CC4CCN(Cc5ccc(C(=C/NC)/C(/C=C(\C)C6CC6)=C(\C=C)CC)cc5C)CC4)CC3)C2)cc1C=C. The van der Waals surface area contributed by atoms with Crippen LogP contribution in [0.5, 0.6) is 0 Å². The highest BCUT2D eigenvalue weighted by molar-refractivity contribution is 5.84. The van der Waals surface area contributed by atoms with Crippen molar-refractivity contribution in [3.63, 3.8) is 0 Å². The lowest BCUT2D eigenvalue weighted by Gasteiger charge is -2.53. The zero-order valence-electron chi connectivity index (χ0n) is 39.8. The first kappa shape index (κ1) is 47.2. The molecule has 0 amide bonds. The number of rotatable bonds is 22. The van der Waals surface area contributed by atoms with Gasteiger partial charge in [0.05, 0.1) is 6.04 Å². The molecule has 2 heterocycles. The molecule has 5 heteroatoms. The van der Waals surface area contributed by atoms with E-state index in [0.29, 0.717) is 5.41 Å². The van der Waals surface area contributed by atoms with E-state index in [-0.39, 0.29) is 6.04 Å². The van der Waals surface area contributed by atoms with Gasteiger partial charge in [-0.1, -0.05) is 99.5 Å². The Morgan fingerprint density at radius 3 is 2.26 bits per heavy atom. The predicted octanol–water partition coefficient (Wildman–Crippen LogP) is 12.4. The number of piperidine rings is 2. The molecule has 2 aliphatic carbocycles. The van der Waals surface area contributed by atoms with E-state index in [9.17, 15) is 0 Å². The molecule has 334 valence electrons. The normalized spacial score (nSPS) is 19.9. The molecule has 0 aromatic heterocycles. The summed E-state index contributed by atoms with van der Waals surface area (Å²) in [4.78, 5) is 7.77. The van der Waals surface area contributed by atoms with Crippen molar-refractivity contribution in [1.82, 2.24) is 25.3 Å².